The minimum absolute atomic E-state index is 0.414. The Hall–Kier alpha value is -0.540. The number of nitrogens with two attached hydrogens (primary N) is 1. The number of rotatable bonds is 5. The van der Waals surface area contributed by atoms with Crippen LogP contribution in [0, 0.1) is 11.8 Å². The van der Waals surface area contributed by atoms with Crippen molar-refractivity contribution in [3.63, 3.8) is 0 Å². The van der Waals surface area contributed by atoms with E-state index in [1.165, 1.54) is 0 Å². The highest BCUT2D eigenvalue weighted by atomic mass is 79.9. The normalized spacial score (nSPS) is 12.9. The summed E-state index contributed by atoms with van der Waals surface area (Å²) in [5, 5.41) is 0. The van der Waals surface area contributed by atoms with Crippen molar-refractivity contribution >= 4 is 15.9 Å². The molecule has 1 atom stereocenters. The third kappa shape index (κ3) is 3.84. The quantitative estimate of drug-likeness (QED) is 0.894. The van der Waals surface area contributed by atoms with E-state index in [2.05, 4.69) is 29.8 Å². The van der Waals surface area contributed by atoms with Gasteiger partial charge < -0.3 is 10.5 Å². The Kier molecular flexibility index (Phi) is 5.12. The molecule has 0 heterocycles. The highest BCUT2D eigenvalue weighted by Crippen LogP contribution is 2.24. The van der Waals surface area contributed by atoms with Crippen LogP contribution in [0.25, 0.3) is 0 Å². The highest BCUT2D eigenvalue weighted by Gasteiger charge is 2.12. The van der Waals surface area contributed by atoms with E-state index in [9.17, 15) is 0 Å². The van der Waals surface area contributed by atoms with Gasteiger partial charge in [-0.05, 0) is 40.5 Å². The van der Waals surface area contributed by atoms with E-state index in [-0.39, 0.29) is 0 Å². The number of halogens is 1. The molecule has 1 aromatic rings. The summed E-state index contributed by atoms with van der Waals surface area (Å²) in [5.41, 5.74) is 5.68. The maximum absolute atomic E-state index is 5.72. The Morgan fingerprint density at radius 3 is 2.53 bits per heavy atom. The molecule has 1 aromatic carbocycles. The second-order valence-electron chi connectivity index (χ2n) is 3.98. The number of benzene rings is 1. The molecule has 0 aliphatic heterocycles. The van der Waals surface area contributed by atoms with Gasteiger partial charge in [0.25, 0.3) is 0 Å². The Balaban J connectivity index is 2.53. The summed E-state index contributed by atoms with van der Waals surface area (Å²) in [6.45, 7) is 5.68. The van der Waals surface area contributed by atoms with Crippen molar-refractivity contribution in [2.45, 2.75) is 13.8 Å². The summed E-state index contributed by atoms with van der Waals surface area (Å²) in [5.74, 6) is 1.85. The first-order valence-corrected chi connectivity index (χ1v) is 6.01. The minimum atomic E-state index is 0.414. The van der Waals surface area contributed by atoms with Crippen LogP contribution in [-0.2, 0) is 0 Å². The minimum Gasteiger partial charge on any atom is -0.492 e. The number of hydrogen-bond donors (Lipinski definition) is 1. The summed E-state index contributed by atoms with van der Waals surface area (Å²) >= 11 is 3.45. The smallest absolute Gasteiger partial charge is 0.133 e. The van der Waals surface area contributed by atoms with Gasteiger partial charge in [0.15, 0.2) is 0 Å². The Bertz CT molecular complexity index is 301. The maximum atomic E-state index is 5.72. The topological polar surface area (TPSA) is 35.2 Å². The average molecular weight is 272 g/mol. The second kappa shape index (κ2) is 6.13. The molecule has 0 bridgehead atoms. The molecule has 0 aliphatic carbocycles. The summed E-state index contributed by atoms with van der Waals surface area (Å²) in [7, 11) is 0. The summed E-state index contributed by atoms with van der Waals surface area (Å²) in [6.07, 6.45) is 0. The predicted octanol–water partition coefficient (Wildman–Crippen LogP) is 3.06. The molecule has 1 unspecified atom stereocenters. The van der Waals surface area contributed by atoms with Crippen molar-refractivity contribution in [1.82, 2.24) is 0 Å². The van der Waals surface area contributed by atoms with Crippen LogP contribution in [0.3, 0.4) is 0 Å². The van der Waals surface area contributed by atoms with Crippen LogP contribution in [0.4, 0.5) is 0 Å². The van der Waals surface area contributed by atoms with Gasteiger partial charge in [-0.15, -0.1) is 0 Å². The largest absolute Gasteiger partial charge is 0.492 e. The van der Waals surface area contributed by atoms with Crippen molar-refractivity contribution < 1.29 is 4.74 Å². The number of para-hydroxylation sites is 1. The van der Waals surface area contributed by atoms with Crippen molar-refractivity contribution in [2.24, 2.45) is 17.6 Å². The van der Waals surface area contributed by atoms with Gasteiger partial charge in [-0.1, -0.05) is 26.0 Å². The first kappa shape index (κ1) is 12.5. The molecule has 0 amide bonds. The van der Waals surface area contributed by atoms with Crippen LogP contribution in [0.1, 0.15) is 13.8 Å². The summed E-state index contributed by atoms with van der Waals surface area (Å²) in [6, 6.07) is 7.87. The second-order valence-corrected chi connectivity index (χ2v) is 4.84. The van der Waals surface area contributed by atoms with E-state index in [1.54, 1.807) is 0 Å². The lowest BCUT2D eigenvalue weighted by atomic mass is 9.97. The summed E-state index contributed by atoms with van der Waals surface area (Å²) < 4.78 is 6.71. The molecular weight excluding hydrogens is 254 g/mol. The zero-order chi connectivity index (χ0) is 11.3. The summed E-state index contributed by atoms with van der Waals surface area (Å²) in [4.78, 5) is 0. The molecule has 0 aliphatic rings. The van der Waals surface area contributed by atoms with Crippen LogP contribution in [0.5, 0.6) is 5.75 Å². The molecule has 0 spiro atoms. The SMILES string of the molecule is CC(C)C(CN)COc1ccccc1Br. The molecule has 0 saturated carbocycles. The van der Waals surface area contributed by atoms with E-state index in [1.807, 2.05) is 24.3 Å². The van der Waals surface area contributed by atoms with Gasteiger partial charge in [-0.2, -0.15) is 0 Å². The van der Waals surface area contributed by atoms with Crippen LogP contribution >= 0.6 is 15.9 Å². The fourth-order valence-corrected chi connectivity index (χ4v) is 1.69. The zero-order valence-corrected chi connectivity index (χ0v) is 10.8. The number of hydrogen-bond acceptors (Lipinski definition) is 2. The van der Waals surface area contributed by atoms with Crippen LogP contribution in [0.2, 0.25) is 0 Å². The first-order valence-electron chi connectivity index (χ1n) is 5.22. The molecule has 0 fully saturated rings. The monoisotopic (exact) mass is 271 g/mol. The molecule has 0 aromatic heterocycles. The van der Waals surface area contributed by atoms with Crippen molar-refractivity contribution in [1.29, 1.82) is 0 Å². The standard InChI is InChI=1S/C12H18BrNO/c1-9(2)10(7-14)8-15-12-6-4-3-5-11(12)13/h3-6,9-10H,7-8,14H2,1-2H3. The fraction of sp³-hybridized carbons (Fsp3) is 0.500. The predicted molar refractivity (Wildman–Crippen MR) is 67.0 cm³/mol. The first-order chi connectivity index (χ1) is 7.15. The van der Waals surface area contributed by atoms with E-state index < -0.39 is 0 Å². The lowest BCUT2D eigenvalue weighted by molar-refractivity contribution is 0.213. The molecular formula is C12H18BrNO. The van der Waals surface area contributed by atoms with Gasteiger partial charge in [0.2, 0.25) is 0 Å². The van der Waals surface area contributed by atoms with Crippen LogP contribution in [-0.4, -0.2) is 13.2 Å². The molecule has 15 heavy (non-hydrogen) atoms. The van der Waals surface area contributed by atoms with Gasteiger partial charge >= 0.3 is 0 Å². The lowest BCUT2D eigenvalue weighted by Crippen LogP contribution is -2.26. The van der Waals surface area contributed by atoms with Gasteiger partial charge in [-0.25, -0.2) is 0 Å². The van der Waals surface area contributed by atoms with Crippen LogP contribution < -0.4 is 10.5 Å². The third-order valence-corrected chi connectivity index (χ3v) is 3.19. The van der Waals surface area contributed by atoms with Crippen molar-refractivity contribution in [3.8, 4) is 5.75 Å². The Labute approximate surface area is 99.9 Å². The van der Waals surface area contributed by atoms with E-state index in [0.29, 0.717) is 25.0 Å². The van der Waals surface area contributed by atoms with E-state index >= 15 is 0 Å². The van der Waals surface area contributed by atoms with Crippen LogP contribution in [0.15, 0.2) is 28.7 Å². The van der Waals surface area contributed by atoms with Gasteiger partial charge in [0, 0.05) is 5.92 Å². The Morgan fingerprint density at radius 2 is 2.00 bits per heavy atom. The van der Waals surface area contributed by atoms with Crippen molar-refractivity contribution in [3.05, 3.63) is 28.7 Å². The molecule has 3 heteroatoms. The number of ether oxygens (including phenoxy) is 1. The van der Waals surface area contributed by atoms with E-state index in [4.69, 9.17) is 10.5 Å². The van der Waals surface area contributed by atoms with Gasteiger partial charge in [0.1, 0.15) is 5.75 Å². The van der Waals surface area contributed by atoms with Crippen molar-refractivity contribution in [2.75, 3.05) is 13.2 Å². The Morgan fingerprint density at radius 1 is 1.33 bits per heavy atom. The molecule has 1 rings (SSSR count). The molecule has 0 radical (unpaired) electrons. The molecule has 84 valence electrons. The lowest BCUT2D eigenvalue weighted by Gasteiger charge is -2.19. The third-order valence-electron chi connectivity index (χ3n) is 2.54. The van der Waals surface area contributed by atoms with E-state index in [0.717, 1.165) is 10.2 Å². The zero-order valence-electron chi connectivity index (χ0n) is 9.24. The maximum Gasteiger partial charge on any atom is 0.133 e. The highest BCUT2D eigenvalue weighted by molar-refractivity contribution is 9.10. The molecule has 0 saturated heterocycles. The molecule has 2 N–H and O–H groups in total. The van der Waals surface area contributed by atoms with Gasteiger partial charge in [0.05, 0.1) is 11.1 Å². The van der Waals surface area contributed by atoms with Gasteiger partial charge in [-0.3, -0.25) is 0 Å². The fourth-order valence-electron chi connectivity index (χ4n) is 1.29. The molecule has 2 nitrogen and oxygen atoms in total. The average Bonchev–Trinajstić information content (AvgIpc) is 2.21.